The Morgan fingerprint density at radius 1 is 0.759 bits per heavy atom. The zero-order chi connectivity index (χ0) is 21.7. The summed E-state index contributed by atoms with van der Waals surface area (Å²) in [5.74, 6) is -2.40. The number of aliphatic hydroxyl groups excluding tert-OH is 3. The van der Waals surface area contributed by atoms with E-state index >= 15 is 0 Å². The highest BCUT2D eigenvalue weighted by atomic mass is 16.6. The van der Waals surface area contributed by atoms with Crippen LogP contribution >= 0.6 is 0 Å². The Labute approximate surface area is 174 Å². The summed E-state index contributed by atoms with van der Waals surface area (Å²) in [5, 5.41) is 27.2. The summed E-state index contributed by atoms with van der Waals surface area (Å²) in [6, 6.07) is 0. The normalized spacial score (nSPS) is 14.3. The van der Waals surface area contributed by atoms with Gasteiger partial charge in [0.1, 0.15) is 0 Å². The van der Waals surface area contributed by atoms with Crippen LogP contribution in [0.15, 0.2) is 48.6 Å². The van der Waals surface area contributed by atoms with Crippen molar-refractivity contribution in [3.05, 3.63) is 48.6 Å². The largest absolute Gasteiger partial charge is 0.393 e. The average Bonchev–Trinajstić information content (AvgIpc) is 2.72. The smallest absolute Gasteiger partial charge is 0.345 e. The summed E-state index contributed by atoms with van der Waals surface area (Å²) in [7, 11) is 0. The van der Waals surface area contributed by atoms with Gasteiger partial charge in [0.05, 0.1) is 6.61 Å². The van der Waals surface area contributed by atoms with Crippen LogP contribution in [0.25, 0.3) is 0 Å². The van der Waals surface area contributed by atoms with E-state index < -0.39 is 30.8 Å². The van der Waals surface area contributed by atoms with Crippen LogP contribution in [0.5, 0.6) is 0 Å². The number of carbonyl (C=O) groups is 2. The minimum absolute atomic E-state index is 0.107. The quantitative estimate of drug-likeness (QED) is 0.156. The second kappa shape index (κ2) is 19.3. The highest BCUT2D eigenvalue weighted by Crippen LogP contribution is 2.03. The maximum atomic E-state index is 11.4. The van der Waals surface area contributed by atoms with Gasteiger partial charge in [0.15, 0.2) is 12.2 Å². The van der Waals surface area contributed by atoms with Gasteiger partial charge in [-0.15, -0.1) is 0 Å². The molecule has 2 unspecified atom stereocenters. The van der Waals surface area contributed by atoms with Gasteiger partial charge >= 0.3 is 11.9 Å². The maximum Gasteiger partial charge on any atom is 0.345 e. The molecule has 29 heavy (non-hydrogen) atoms. The monoisotopic (exact) mass is 408 g/mol. The molecule has 6 nitrogen and oxygen atoms in total. The van der Waals surface area contributed by atoms with Crippen molar-refractivity contribution in [2.45, 2.75) is 76.9 Å². The van der Waals surface area contributed by atoms with Gasteiger partial charge in [-0.1, -0.05) is 68.4 Å². The van der Waals surface area contributed by atoms with Crippen molar-refractivity contribution in [2.75, 3.05) is 6.61 Å². The molecule has 0 radical (unpaired) electrons. The Hall–Kier alpha value is -2.02. The summed E-state index contributed by atoms with van der Waals surface area (Å²) >= 11 is 0. The molecule has 2 atom stereocenters. The first kappa shape index (κ1) is 27.0. The zero-order valence-electron chi connectivity index (χ0n) is 17.4. The summed E-state index contributed by atoms with van der Waals surface area (Å²) in [6.45, 7) is 1.36. The molecule has 0 fully saturated rings. The minimum Gasteiger partial charge on any atom is -0.393 e. The number of aliphatic hydroxyl groups is 3. The molecule has 6 heteroatoms. The molecular formula is C23H36O6. The third kappa shape index (κ3) is 16.6. The van der Waals surface area contributed by atoms with Gasteiger partial charge in [-0.05, 0) is 44.9 Å². The summed E-state index contributed by atoms with van der Waals surface area (Å²) in [4.78, 5) is 22.6. The van der Waals surface area contributed by atoms with Gasteiger partial charge in [0, 0.05) is 0 Å². The lowest BCUT2D eigenvalue weighted by molar-refractivity contribution is -0.172. The molecule has 0 aliphatic carbocycles. The van der Waals surface area contributed by atoms with E-state index in [0.717, 1.165) is 25.7 Å². The van der Waals surface area contributed by atoms with Crippen LogP contribution < -0.4 is 0 Å². The van der Waals surface area contributed by atoms with Crippen LogP contribution in [-0.2, 0) is 14.3 Å². The van der Waals surface area contributed by atoms with Crippen molar-refractivity contribution >= 4 is 11.9 Å². The summed E-state index contributed by atoms with van der Waals surface area (Å²) < 4.78 is 4.26. The summed E-state index contributed by atoms with van der Waals surface area (Å²) in [5.41, 5.74) is 0. The van der Waals surface area contributed by atoms with E-state index in [1.165, 1.54) is 19.3 Å². The number of ether oxygens (including phenoxy) is 1. The van der Waals surface area contributed by atoms with Crippen molar-refractivity contribution in [1.82, 2.24) is 0 Å². The second-order valence-corrected chi connectivity index (χ2v) is 6.62. The molecule has 0 spiro atoms. The second-order valence-electron chi connectivity index (χ2n) is 6.62. The number of hydrogen-bond donors (Lipinski definition) is 3. The molecule has 0 saturated heterocycles. The van der Waals surface area contributed by atoms with Crippen LogP contribution in [0.2, 0.25) is 0 Å². The lowest BCUT2D eigenvalue weighted by Gasteiger charge is -2.10. The van der Waals surface area contributed by atoms with E-state index in [4.69, 9.17) is 10.2 Å². The Kier molecular flexibility index (Phi) is 18.0. The van der Waals surface area contributed by atoms with Crippen molar-refractivity contribution in [3.8, 4) is 0 Å². The van der Waals surface area contributed by atoms with Crippen molar-refractivity contribution < 1.29 is 29.6 Å². The molecule has 0 aromatic rings. The average molecular weight is 409 g/mol. The minimum atomic E-state index is -1.78. The first-order valence-corrected chi connectivity index (χ1v) is 10.3. The molecule has 0 aliphatic rings. The molecule has 0 rings (SSSR count). The van der Waals surface area contributed by atoms with E-state index in [2.05, 4.69) is 42.0 Å². The van der Waals surface area contributed by atoms with Crippen LogP contribution in [0.4, 0.5) is 0 Å². The molecule has 0 aliphatic heterocycles. The SMILES string of the molecule is CCCCC/C=C\C/C=C\C/C=C\C/C=C\CCC(O)C(=O)OC(=O)C(O)CO. The predicted molar refractivity (Wildman–Crippen MR) is 114 cm³/mol. The van der Waals surface area contributed by atoms with Crippen molar-refractivity contribution in [1.29, 1.82) is 0 Å². The molecule has 0 saturated carbocycles. The van der Waals surface area contributed by atoms with Gasteiger partial charge in [0.25, 0.3) is 0 Å². The van der Waals surface area contributed by atoms with Gasteiger partial charge in [-0.3, -0.25) is 0 Å². The lowest BCUT2D eigenvalue weighted by atomic mass is 10.2. The Morgan fingerprint density at radius 3 is 1.76 bits per heavy atom. The van der Waals surface area contributed by atoms with Gasteiger partial charge < -0.3 is 20.1 Å². The highest BCUT2D eigenvalue weighted by Gasteiger charge is 2.23. The first-order valence-electron chi connectivity index (χ1n) is 10.3. The Bertz CT molecular complexity index is 548. The third-order valence-electron chi connectivity index (χ3n) is 3.98. The van der Waals surface area contributed by atoms with E-state index in [-0.39, 0.29) is 6.42 Å². The molecule has 164 valence electrons. The van der Waals surface area contributed by atoms with E-state index in [0.29, 0.717) is 6.42 Å². The number of unbranched alkanes of at least 4 members (excludes halogenated alkanes) is 3. The molecular weight excluding hydrogens is 372 g/mol. The van der Waals surface area contributed by atoms with Crippen LogP contribution in [0.1, 0.15) is 64.7 Å². The van der Waals surface area contributed by atoms with Crippen LogP contribution in [0.3, 0.4) is 0 Å². The van der Waals surface area contributed by atoms with Crippen LogP contribution in [0, 0.1) is 0 Å². The number of rotatable bonds is 16. The van der Waals surface area contributed by atoms with E-state index in [1.54, 1.807) is 0 Å². The summed E-state index contributed by atoms with van der Waals surface area (Å²) in [6.07, 6.45) is 21.5. The van der Waals surface area contributed by atoms with Gasteiger partial charge in [-0.2, -0.15) is 0 Å². The standard InChI is InChI=1S/C23H36O6/c1-2-3-4-5-6-7-8-9-10-11-12-13-14-15-16-17-18-20(25)22(27)29-23(28)21(26)19-24/h6-7,9-10,12-13,15-16,20-21,24-26H,2-5,8,11,14,17-19H2,1H3/b7-6-,10-9-,13-12-,16-15-. The fraction of sp³-hybridized carbons (Fsp3) is 0.565. The van der Waals surface area contributed by atoms with Gasteiger partial charge in [-0.25, -0.2) is 9.59 Å². The van der Waals surface area contributed by atoms with E-state index in [1.807, 2.05) is 18.2 Å². The topological polar surface area (TPSA) is 104 Å². The van der Waals surface area contributed by atoms with E-state index in [9.17, 15) is 14.7 Å². The van der Waals surface area contributed by atoms with Gasteiger partial charge in [0.2, 0.25) is 0 Å². The van der Waals surface area contributed by atoms with Crippen LogP contribution in [-0.4, -0.2) is 46.1 Å². The fourth-order valence-corrected chi connectivity index (χ4v) is 2.24. The Morgan fingerprint density at radius 2 is 1.24 bits per heavy atom. The number of hydrogen-bond acceptors (Lipinski definition) is 6. The lowest BCUT2D eigenvalue weighted by Crippen LogP contribution is -2.33. The fourth-order valence-electron chi connectivity index (χ4n) is 2.24. The highest BCUT2D eigenvalue weighted by molar-refractivity contribution is 5.89. The number of carbonyl (C=O) groups excluding carboxylic acids is 2. The number of allylic oxidation sites excluding steroid dienone is 8. The maximum absolute atomic E-state index is 11.4. The molecule has 0 aromatic heterocycles. The zero-order valence-corrected chi connectivity index (χ0v) is 17.4. The molecule has 0 amide bonds. The van der Waals surface area contributed by atoms with Crippen molar-refractivity contribution in [3.63, 3.8) is 0 Å². The third-order valence-corrected chi connectivity index (χ3v) is 3.98. The van der Waals surface area contributed by atoms with Crippen molar-refractivity contribution in [2.24, 2.45) is 0 Å². The predicted octanol–water partition coefficient (Wildman–Crippen LogP) is 3.53. The number of esters is 2. The molecule has 3 N–H and O–H groups in total. The molecule has 0 aromatic carbocycles. The molecule has 0 heterocycles. The molecule has 0 bridgehead atoms. The Balaban J connectivity index is 3.76. The first-order chi connectivity index (χ1) is 14.0.